The molecule has 4 N–H and O–H groups in total. The van der Waals surface area contributed by atoms with E-state index in [1.54, 1.807) is 4.90 Å². The van der Waals surface area contributed by atoms with E-state index in [9.17, 15) is 4.79 Å². The van der Waals surface area contributed by atoms with E-state index < -0.39 is 0 Å². The minimum Gasteiger partial charge on any atom is -0.370 e. The molecule has 1 aliphatic heterocycles. The molecule has 1 aromatic heterocycles. The van der Waals surface area contributed by atoms with Gasteiger partial charge in [-0.2, -0.15) is 0 Å². The largest absolute Gasteiger partial charge is 0.370 e. The zero-order chi connectivity index (χ0) is 15.4. The zero-order valence-corrected chi connectivity index (χ0v) is 13.2. The lowest BCUT2D eigenvalue weighted by atomic mass is 10.1. The number of pyridine rings is 1. The van der Waals surface area contributed by atoms with Gasteiger partial charge in [-0.15, -0.1) is 0 Å². The maximum atomic E-state index is 12.1. The summed E-state index contributed by atoms with van der Waals surface area (Å²) >= 11 is 0. The third-order valence-corrected chi connectivity index (χ3v) is 4.34. The van der Waals surface area contributed by atoms with E-state index in [1.807, 2.05) is 18.2 Å². The lowest BCUT2D eigenvalue weighted by Gasteiger charge is -2.22. The van der Waals surface area contributed by atoms with Crippen molar-refractivity contribution in [3.8, 4) is 0 Å². The minimum absolute atomic E-state index is 0.0336. The Bertz CT molecular complexity index is 690. The van der Waals surface area contributed by atoms with E-state index in [4.69, 9.17) is 4.74 Å². The maximum Gasteiger partial charge on any atom is 0.257 e. The number of nitrogens with two attached hydrogens (primary N) is 1. The number of morpholine rings is 1. The second-order valence-corrected chi connectivity index (χ2v) is 6.11. The number of ether oxygens (including phenoxy) is 1. The van der Waals surface area contributed by atoms with Gasteiger partial charge in [0.2, 0.25) is 0 Å². The molecule has 118 valence electrons. The number of aromatic amines is 1. The molecular formula is C17H25N3O2+2. The lowest BCUT2D eigenvalue weighted by molar-refractivity contribution is -0.920. The molecule has 0 atom stereocenters. The standard InChI is InChI=1S/C17H23N3O2/c1-13-2-3-16-14(10-13)11-15(17(21)19-16)12-18-4-5-20-6-8-22-9-7-20/h2-3,10-11,18H,4-9,12H2,1H3,(H,19,21)/p+2. The number of rotatable bonds is 5. The fourth-order valence-corrected chi connectivity index (χ4v) is 3.00. The third kappa shape index (κ3) is 3.74. The van der Waals surface area contributed by atoms with Crippen molar-refractivity contribution in [3.63, 3.8) is 0 Å². The third-order valence-electron chi connectivity index (χ3n) is 4.34. The predicted molar refractivity (Wildman–Crippen MR) is 86.2 cm³/mol. The predicted octanol–water partition coefficient (Wildman–Crippen LogP) is -1.18. The van der Waals surface area contributed by atoms with Gasteiger partial charge in [0.1, 0.15) is 32.7 Å². The number of aromatic nitrogens is 1. The highest BCUT2D eigenvalue weighted by Crippen LogP contribution is 2.12. The van der Waals surface area contributed by atoms with Crippen LogP contribution in [0.25, 0.3) is 10.9 Å². The number of hydrogen-bond donors (Lipinski definition) is 3. The first kappa shape index (κ1) is 15.2. The summed E-state index contributed by atoms with van der Waals surface area (Å²) in [5.41, 5.74) is 3.02. The van der Waals surface area contributed by atoms with Gasteiger partial charge in [0, 0.05) is 5.52 Å². The maximum absolute atomic E-state index is 12.1. The summed E-state index contributed by atoms with van der Waals surface area (Å²) in [5, 5.41) is 3.34. The smallest absolute Gasteiger partial charge is 0.257 e. The molecule has 1 saturated heterocycles. The Balaban J connectivity index is 1.58. The average molecular weight is 303 g/mol. The fraction of sp³-hybridized carbons (Fsp3) is 0.471. The summed E-state index contributed by atoms with van der Waals surface area (Å²) in [4.78, 5) is 16.7. The van der Waals surface area contributed by atoms with Crippen LogP contribution in [0.3, 0.4) is 0 Å². The molecule has 22 heavy (non-hydrogen) atoms. The van der Waals surface area contributed by atoms with Crippen LogP contribution < -0.4 is 15.8 Å². The normalized spacial score (nSPS) is 16.2. The van der Waals surface area contributed by atoms with Crippen LogP contribution in [0, 0.1) is 6.92 Å². The second-order valence-electron chi connectivity index (χ2n) is 6.11. The van der Waals surface area contributed by atoms with Crippen molar-refractivity contribution in [2.45, 2.75) is 13.5 Å². The Labute approximate surface area is 130 Å². The van der Waals surface area contributed by atoms with E-state index in [2.05, 4.69) is 23.3 Å². The molecule has 1 aliphatic rings. The lowest BCUT2D eigenvalue weighted by Crippen LogP contribution is -3.16. The van der Waals surface area contributed by atoms with Crippen molar-refractivity contribution >= 4 is 10.9 Å². The second kappa shape index (κ2) is 7.05. The summed E-state index contributed by atoms with van der Waals surface area (Å²) in [6, 6.07) is 8.14. The molecule has 1 aromatic carbocycles. The summed E-state index contributed by atoms with van der Waals surface area (Å²) in [5.74, 6) is 0. The van der Waals surface area contributed by atoms with Crippen LogP contribution in [0.4, 0.5) is 0 Å². The highest BCUT2D eigenvalue weighted by atomic mass is 16.5. The first-order valence-corrected chi connectivity index (χ1v) is 8.08. The van der Waals surface area contributed by atoms with Gasteiger partial charge in [0.15, 0.2) is 0 Å². The van der Waals surface area contributed by atoms with E-state index in [1.165, 1.54) is 5.56 Å². The van der Waals surface area contributed by atoms with E-state index >= 15 is 0 Å². The topological polar surface area (TPSA) is 63.1 Å². The molecular weight excluding hydrogens is 278 g/mol. The van der Waals surface area contributed by atoms with Crippen LogP contribution in [-0.2, 0) is 11.3 Å². The molecule has 1 fully saturated rings. The van der Waals surface area contributed by atoms with Crippen LogP contribution in [0.2, 0.25) is 0 Å². The summed E-state index contributed by atoms with van der Waals surface area (Å²) < 4.78 is 5.37. The van der Waals surface area contributed by atoms with Crippen molar-refractivity contribution in [1.82, 2.24) is 4.98 Å². The van der Waals surface area contributed by atoms with E-state index in [0.717, 1.165) is 62.4 Å². The van der Waals surface area contributed by atoms with Crippen molar-refractivity contribution in [1.29, 1.82) is 0 Å². The fourth-order valence-electron chi connectivity index (χ4n) is 3.00. The quantitative estimate of drug-likeness (QED) is 0.609. The molecule has 2 heterocycles. The van der Waals surface area contributed by atoms with Crippen molar-refractivity contribution in [3.05, 3.63) is 45.7 Å². The Morgan fingerprint density at radius 2 is 2.09 bits per heavy atom. The van der Waals surface area contributed by atoms with Crippen LogP contribution in [0.1, 0.15) is 11.1 Å². The van der Waals surface area contributed by atoms with E-state index in [-0.39, 0.29) is 5.56 Å². The number of aryl methyl sites for hydroxylation is 1. The van der Waals surface area contributed by atoms with Gasteiger partial charge in [-0.3, -0.25) is 4.79 Å². The van der Waals surface area contributed by atoms with Crippen molar-refractivity contribution in [2.24, 2.45) is 0 Å². The van der Waals surface area contributed by atoms with Crippen molar-refractivity contribution < 1.29 is 15.0 Å². The van der Waals surface area contributed by atoms with Crippen molar-refractivity contribution in [2.75, 3.05) is 39.4 Å². The number of benzene rings is 1. The Morgan fingerprint density at radius 1 is 1.27 bits per heavy atom. The molecule has 0 radical (unpaired) electrons. The van der Waals surface area contributed by atoms with Gasteiger partial charge in [-0.05, 0) is 30.5 Å². The molecule has 0 saturated carbocycles. The minimum atomic E-state index is 0.0336. The van der Waals surface area contributed by atoms with Crippen LogP contribution in [-0.4, -0.2) is 44.4 Å². The molecule has 3 rings (SSSR count). The van der Waals surface area contributed by atoms with Crippen LogP contribution in [0.5, 0.6) is 0 Å². The Kier molecular flexibility index (Phi) is 4.87. The zero-order valence-electron chi connectivity index (χ0n) is 13.2. The van der Waals surface area contributed by atoms with Gasteiger partial charge in [0.05, 0.1) is 18.8 Å². The molecule has 2 aromatic rings. The summed E-state index contributed by atoms with van der Waals surface area (Å²) in [6.07, 6.45) is 0. The van der Waals surface area contributed by atoms with Crippen LogP contribution >= 0.6 is 0 Å². The monoisotopic (exact) mass is 303 g/mol. The van der Waals surface area contributed by atoms with Gasteiger partial charge in [-0.1, -0.05) is 11.6 Å². The van der Waals surface area contributed by atoms with Crippen LogP contribution in [0.15, 0.2) is 29.1 Å². The first-order chi connectivity index (χ1) is 10.7. The number of fused-ring (bicyclic) bond motifs is 1. The summed E-state index contributed by atoms with van der Waals surface area (Å²) in [7, 11) is 0. The number of H-pyrrole nitrogens is 1. The van der Waals surface area contributed by atoms with Gasteiger partial charge in [0.25, 0.3) is 5.56 Å². The Morgan fingerprint density at radius 3 is 2.91 bits per heavy atom. The molecule has 0 spiro atoms. The Hall–Kier alpha value is -1.69. The highest BCUT2D eigenvalue weighted by Gasteiger charge is 2.14. The molecule has 0 bridgehead atoms. The van der Waals surface area contributed by atoms with Gasteiger partial charge in [-0.25, -0.2) is 0 Å². The average Bonchev–Trinajstić information content (AvgIpc) is 2.53. The molecule has 0 unspecified atom stereocenters. The number of nitrogens with one attached hydrogen (secondary N) is 2. The molecule has 0 aliphatic carbocycles. The molecule has 5 nitrogen and oxygen atoms in total. The van der Waals surface area contributed by atoms with Gasteiger partial charge < -0.3 is 19.9 Å². The summed E-state index contributed by atoms with van der Waals surface area (Å²) in [6.45, 7) is 8.93. The molecule has 5 heteroatoms. The first-order valence-electron chi connectivity index (χ1n) is 8.08. The SMILES string of the molecule is Cc1ccc2[nH]c(=O)c(C[NH2+]CC[NH+]3CCOCC3)cc2c1. The number of quaternary nitrogens is 2. The molecule has 0 amide bonds. The van der Waals surface area contributed by atoms with Gasteiger partial charge >= 0.3 is 0 Å². The highest BCUT2D eigenvalue weighted by molar-refractivity contribution is 5.79. The number of hydrogen-bond acceptors (Lipinski definition) is 2. The van der Waals surface area contributed by atoms with E-state index in [0.29, 0.717) is 0 Å².